The Labute approximate surface area is 75.3 Å². The van der Waals surface area contributed by atoms with E-state index in [-0.39, 0.29) is 17.9 Å². The van der Waals surface area contributed by atoms with Crippen LogP contribution in [0.2, 0.25) is 0 Å². The molecular weight excluding hydrogens is 171 g/mol. The zero-order valence-electron chi connectivity index (χ0n) is 6.79. The van der Waals surface area contributed by atoms with Crippen LogP contribution < -0.4 is 4.74 Å². The van der Waals surface area contributed by atoms with Crippen molar-refractivity contribution in [1.29, 1.82) is 0 Å². The number of ether oxygens (including phenoxy) is 1. The predicted molar refractivity (Wildman–Crippen MR) is 46.1 cm³/mol. The number of hydrogen-bond donors (Lipinski definition) is 0. The Bertz CT molecular complexity index is 352. The summed E-state index contributed by atoms with van der Waals surface area (Å²) in [5.41, 5.74) is 0.229. The second-order valence-corrected chi connectivity index (χ2v) is 2.33. The Morgan fingerprint density at radius 3 is 2.92 bits per heavy atom. The van der Waals surface area contributed by atoms with Gasteiger partial charge in [-0.2, -0.15) is 0 Å². The van der Waals surface area contributed by atoms with Crippen LogP contribution in [0.5, 0.6) is 5.75 Å². The fourth-order valence-electron chi connectivity index (χ4n) is 0.861. The minimum absolute atomic E-state index is 0.0573. The van der Waals surface area contributed by atoms with Crippen LogP contribution in [0.3, 0.4) is 0 Å². The molecule has 0 atom stereocenters. The largest absolute Gasteiger partial charge is 0.481 e. The lowest BCUT2D eigenvalue weighted by Crippen LogP contribution is -1.95. The quantitative estimate of drug-likeness (QED) is 0.519. The Hall–Kier alpha value is -1.82. The minimum Gasteiger partial charge on any atom is -0.481 e. The van der Waals surface area contributed by atoms with Gasteiger partial charge in [-0.3, -0.25) is 4.79 Å². The molecule has 0 bridgehead atoms. The van der Waals surface area contributed by atoms with Gasteiger partial charge in [0.05, 0.1) is 0 Å². The van der Waals surface area contributed by atoms with E-state index < -0.39 is 5.82 Å². The van der Waals surface area contributed by atoms with Gasteiger partial charge in [-0.1, -0.05) is 5.92 Å². The van der Waals surface area contributed by atoms with E-state index in [1.165, 1.54) is 12.1 Å². The molecule has 1 aromatic rings. The molecule has 0 saturated carbocycles. The summed E-state index contributed by atoms with van der Waals surface area (Å²) in [6.07, 6.45) is 5.49. The summed E-state index contributed by atoms with van der Waals surface area (Å²) in [5.74, 6) is 1.99. The van der Waals surface area contributed by atoms with Crippen LogP contribution in [0.25, 0.3) is 0 Å². The maximum atomic E-state index is 12.8. The Kier molecular flexibility index (Phi) is 3.04. The number of carbonyl (C=O) groups excluding carboxylic acids is 1. The first-order chi connectivity index (χ1) is 6.26. The molecule has 13 heavy (non-hydrogen) atoms. The number of rotatable bonds is 3. The van der Waals surface area contributed by atoms with Crippen LogP contribution >= 0.6 is 0 Å². The molecule has 1 rings (SSSR count). The first-order valence-electron chi connectivity index (χ1n) is 3.58. The number of benzene rings is 1. The van der Waals surface area contributed by atoms with Gasteiger partial charge in [-0.25, -0.2) is 4.39 Å². The SMILES string of the molecule is C#CCOc1cc(F)cc(C=O)c1. The molecule has 2 nitrogen and oxygen atoms in total. The van der Waals surface area contributed by atoms with Crippen molar-refractivity contribution in [3.05, 3.63) is 29.6 Å². The van der Waals surface area contributed by atoms with Crippen LogP contribution in [-0.2, 0) is 0 Å². The monoisotopic (exact) mass is 178 g/mol. The lowest BCUT2D eigenvalue weighted by molar-refractivity contribution is 0.112. The fourth-order valence-corrected chi connectivity index (χ4v) is 0.861. The van der Waals surface area contributed by atoms with E-state index in [2.05, 4.69) is 5.92 Å². The van der Waals surface area contributed by atoms with E-state index in [4.69, 9.17) is 11.2 Å². The standard InChI is InChI=1S/C10H7FO2/c1-2-3-13-10-5-8(7-12)4-9(11)6-10/h1,4-7H,3H2. The molecule has 0 amide bonds. The van der Waals surface area contributed by atoms with Gasteiger partial charge >= 0.3 is 0 Å². The average Bonchev–Trinajstić information content (AvgIpc) is 2.14. The molecule has 0 aromatic heterocycles. The van der Waals surface area contributed by atoms with Crippen LogP contribution in [0.1, 0.15) is 10.4 Å². The number of aldehydes is 1. The molecule has 0 radical (unpaired) electrons. The zero-order valence-corrected chi connectivity index (χ0v) is 6.79. The van der Waals surface area contributed by atoms with Gasteiger partial charge in [-0.05, 0) is 12.1 Å². The van der Waals surface area contributed by atoms with Gasteiger partial charge in [-0.15, -0.1) is 6.42 Å². The maximum Gasteiger partial charge on any atom is 0.150 e. The van der Waals surface area contributed by atoms with Crippen LogP contribution in [-0.4, -0.2) is 12.9 Å². The van der Waals surface area contributed by atoms with Gasteiger partial charge in [0.1, 0.15) is 24.5 Å². The summed E-state index contributed by atoms with van der Waals surface area (Å²) in [5, 5.41) is 0. The summed E-state index contributed by atoms with van der Waals surface area (Å²) < 4.78 is 17.7. The molecule has 0 spiro atoms. The first-order valence-corrected chi connectivity index (χ1v) is 3.58. The number of carbonyl (C=O) groups is 1. The van der Waals surface area contributed by atoms with Gasteiger partial charge in [0.25, 0.3) is 0 Å². The summed E-state index contributed by atoms with van der Waals surface area (Å²) >= 11 is 0. The Balaban J connectivity index is 2.89. The van der Waals surface area contributed by atoms with Crippen LogP contribution in [0.15, 0.2) is 18.2 Å². The molecule has 0 saturated heterocycles. The van der Waals surface area contributed by atoms with E-state index in [0.29, 0.717) is 6.29 Å². The highest BCUT2D eigenvalue weighted by molar-refractivity contribution is 5.75. The highest BCUT2D eigenvalue weighted by atomic mass is 19.1. The Morgan fingerprint density at radius 1 is 1.54 bits per heavy atom. The second kappa shape index (κ2) is 4.27. The van der Waals surface area contributed by atoms with Gasteiger partial charge in [0, 0.05) is 11.6 Å². The van der Waals surface area contributed by atoms with E-state index >= 15 is 0 Å². The predicted octanol–water partition coefficient (Wildman–Crippen LogP) is 1.65. The molecule has 0 unspecified atom stereocenters. The fraction of sp³-hybridized carbons (Fsp3) is 0.100. The van der Waals surface area contributed by atoms with Crippen molar-refractivity contribution < 1.29 is 13.9 Å². The van der Waals surface area contributed by atoms with Crippen molar-refractivity contribution in [3.63, 3.8) is 0 Å². The molecule has 66 valence electrons. The normalized spacial score (nSPS) is 8.92. The van der Waals surface area contributed by atoms with Crippen molar-refractivity contribution in [3.8, 4) is 18.1 Å². The summed E-state index contributed by atoms with van der Waals surface area (Å²) in [6.45, 7) is 0.0573. The highest BCUT2D eigenvalue weighted by Gasteiger charge is 1.99. The van der Waals surface area contributed by atoms with Crippen molar-refractivity contribution >= 4 is 6.29 Å². The van der Waals surface area contributed by atoms with Crippen molar-refractivity contribution in [2.24, 2.45) is 0 Å². The zero-order chi connectivity index (χ0) is 9.68. The molecule has 0 aliphatic rings. The van der Waals surface area contributed by atoms with Gasteiger partial charge in [0.2, 0.25) is 0 Å². The average molecular weight is 178 g/mol. The highest BCUT2D eigenvalue weighted by Crippen LogP contribution is 2.14. The smallest absolute Gasteiger partial charge is 0.150 e. The minimum atomic E-state index is -0.517. The maximum absolute atomic E-state index is 12.8. The second-order valence-electron chi connectivity index (χ2n) is 2.33. The topological polar surface area (TPSA) is 26.3 Å². The third-order valence-electron chi connectivity index (χ3n) is 1.35. The molecule has 3 heteroatoms. The van der Waals surface area contributed by atoms with Crippen molar-refractivity contribution in [2.75, 3.05) is 6.61 Å². The molecule has 0 aliphatic carbocycles. The van der Waals surface area contributed by atoms with Crippen LogP contribution in [0, 0.1) is 18.2 Å². The van der Waals surface area contributed by atoms with E-state index in [1.54, 1.807) is 0 Å². The van der Waals surface area contributed by atoms with Crippen molar-refractivity contribution in [1.82, 2.24) is 0 Å². The van der Waals surface area contributed by atoms with Gasteiger partial charge < -0.3 is 4.74 Å². The van der Waals surface area contributed by atoms with E-state index in [1.807, 2.05) is 0 Å². The molecule has 0 heterocycles. The third-order valence-corrected chi connectivity index (χ3v) is 1.35. The molecule has 0 fully saturated rings. The third kappa shape index (κ3) is 2.60. The van der Waals surface area contributed by atoms with E-state index in [9.17, 15) is 9.18 Å². The first kappa shape index (κ1) is 9.27. The lowest BCUT2D eigenvalue weighted by atomic mass is 10.2. The molecule has 0 aliphatic heterocycles. The van der Waals surface area contributed by atoms with Crippen molar-refractivity contribution in [2.45, 2.75) is 0 Å². The van der Waals surface area contributed by atoms with E-state index in [0.717, 1.165) is 6.07 Å². The number of hydrogen-bond acceptors (Lipinski definition) is 2. The van der Waals surface area contributed by atoms with Crippen LogP contribution in [0.4, 0.5) is 4.39 Å². The number of halogens is 1. The molecular formula is C10H7FO2. The Morgan fingerprint density at radius 2 is 2.31 bits per heavy atom. The number of terminal acetylenes is 1. The molecule has 0 N–H and O–H groups in total. The lowest BCUT2D eigenvalue weighted by Gasteiger charge is -2.02. The van der Waals surface area contributed by atoms with Gasteiger partial charge in [0.15, 0.2) is 0 Å². The summed E-state index contributed by atoms with van der Waals surface area (Å²) in [6, 6.07) is 3.72. The molecule has 1 aromatic carbocycles. The summed E-state index contributed by atoms with van der Waals surface area (Å²) in [7, 11) is 0. The summed E-state index contributed by atoms with van der Waals surface area (Å²) in [4.78, 5) is 10.3.